The Kier molecular flexibility index (Phi) is 4.85. The highest BCUT2D eigenvalue weighted by atomic mass is 16.2. The Balaban J connectivity index is 1.52. The Labute approximate surface area is 162 Å². The first kappa shape index (κ1) is 18.2. The third kappa shape index (κ3) is 3.37. The molecule has 4 rings (SSSR count). The van der Waals surface area contributed by atoms with Crippen LogP contribution in [0.15, 0.2) is 41.3 Å². The van der Waals surface area contributed by atoms with Crippen molar-refractivity contribution >= 4 is 17.4 Å². The summed E-state index contributed by atoms with van der Waals surface area (Å²) in [5.41, 5.74) is 1.91. The number of nitrogens with one attached hydrogen (secondary N) is 1. The van der Waals surface area contributed by atoms with Crippen molar-refractivity contribution in [3.63, 3.8) is 0 Å². The normalized spacial score (nSPS) is 17.1. The fourth-order valence-corrected chi connectivity index (χ4v) is 3.84. The maximum atomic E-state index is 12.9. The second-order valence-corrected chi connectivity index (χ2v) is 7.18. The molecule has 1 saturated heterocycles. The summed E-state index contributed by atoms with van der Waals surface area (Å²) in [6.45, 7) is 3.23. The first-order valence-corrected chi connectivity index (χ1v) is 9.57. The van der Waals surface area contributed by atoms with E-state index in [4.69, 9.17) is 0 Å². The molecule has 1 unspecified atom stereocenters. The van der Waals surface area contributed by atoms with Gasteiger partial charge in [0, 0.05) is 38.4 Å². The topological polar surface area (TPSA) is 84.5 Å². The van der Waals surface area contributed by atoms with Gasteiger partial charge < -0.3 is 10.2 Å². The van der Waals surface area contributed by atoms with E-state index in [1.807, 2.05) is 35.7 Å². The van der Waals surface area contributed by atoms with E-state index in [1.54, 1.807) is 13.1 Å². The molecule has 1 N–H and O–H groups in total. The summed E-state index contributed by atoms with van der Waals surface area (Å²) in [5, 5.41) is 7.46. The second kappa shape index (κ2) is 7.46. The van der Waals surface area contributed by atoms with Crippen LogP contribution >= 0.6 is 0 Å². The zero-order valence-electron chi connectivity index (χ0n) is 16.1. The highest BCUT2D eigenvalue weighted by Crippen LogP contribution is 2.22. The second-order valence-electron chi connectivity index (χ2n) is 7.18. The summed E-state index contributed by atoms with van der Waals surface area (Å²) in [7, 11) is 1.65. The van der Waals surface area contributed by atoms with E-state index in [2.05, 4.69) is 20.3 Å². The summed E-state index contributed by atoms with van der Waals surface area (Å²) >= 11 is 0. The Morgan fingerprint density at radius 2 is 2.11 bits per heavy atom. The van der Waals surface area contributed by atoms with Crippen molar-refractivity contribution in [1.29, 1.82) is 0 Å². The molecule has 1 aliphatic heterocycles. The van der Waals surface area contributed by atoms with Crippen LogP contribution in [0.1, 0.15) is 35.4 Å². The van der Waals surface area contributed by atoms with Crippen molar-refractivity contribution in [2.45, 2.75) is 32.2 Å². The average molecular weight is 380 g/mol. The molecular weight excluding hydrogens is 356 g/mol. The molecule has 1 atom stereocenters. The molecule has 1 fully saturated rings. The van der Waals surface area contributed by atoms with Crippen molar-refractivity contribution in [2.75, 3.05) is 18.0 Å². The minimum absolute atomic E-state index is 0.129. The van der Waals surface area contributed by atoms with Crippen LogP contribution in [0, 0.1) is 6.92 Å². The number of pyridine rings is 1. The Bertz CT molecular complexity index is 1070. The largest absolute Gasteiger partial charge is 0.350 e. The lowest BCUT2D eigenvalue weighted by Crippen LogP contribution is -2.47. The summed E-state index contributed by atoms with van der Waals surface area (Å²) in [5.74, 6) is 0.641. The monoisotopic (exact) mass is 380 g/mol. The molecule has 8 nitrogen and oxygen atoms in total. The first-order valence-electron chi connectivity index (χ1n) is 9.57. The highest BCUT2D eigenvalue weighted by molar-refractivity contribution is 5.94. The maximum absolute atomic E-state index is 12.9. The van der Waals surface area contributed by atoms with Crippen LogP contribution in [-0.2, 0) is 7.05 Å². The predicted molar refractivity (Wildman–Crippen MR) is 107 cm³/mol. The van der Waals surface area contributed by atoms with Crippen molar-refractivity contribution in [3.05, 3.63) is 58.3 Å². The summed E-state index contributed by atoms with van der Waals surface area (Å²) in [6.07, 6.45) is 5.00. The number of aromatic nitrogens is 4. The van der Waals surface area contributed by atoms with Crippen molar-refractivity contribution in [2.24, 2.45) is 7.05 Å². The van der Waals surface area contributed by atoms with E-state index in [1.165, 1.54) is 10.7 Å². The van der Waals surface area contributed by atoms with Crippen LogP contribution in [0.3, 0.4) is 0 Å². The fourth-order valence-electron chi connectivity index (χ4n) is 3.84. The van der Waals surface area contributed by atoms with Gasteiger partial charge in [0.05, 0.1) is 5.69 Å². The molecule has 1 aliphatic rings. The number of hydrogen-bond acceptors (Lipinski definition) is 5. The molecule has 0 radical (unpaired) electrons. The Morgan fingerprint density at radius 1 is 1.25 bits per heavy atom. The van der Waals surface area contributed by atoms with Crippen LogP contribution in [-0.4, -0.2) is 44.2 Å². The number of aryl methyl sites for hydroxylation is 2. The van der Waals surface area contributed by atoms with Gasteiger partial charge in [-0.25, -0.2) is 9.67 Å². The van der Waals surface area contributed by atoms with Gasteiger partial charge in [-0.05, 0) is 44.4 Å². The first-order chi connectivity index (χ1) is 13.5. The summed E-state index contributed by atoms with van der Waals surface area (Å²) < 4.78 is 3.17. The van der Waals surface area contributed by atoms with Gasteiger partial charge in [-0.15, -0.1) is 0 Å². The van der Waals surface area contributed by atoms with Gasteiger partial charge in [-0.1, -0.05) is 6.07 Å². The molecule has 1 amide bonds. The molecule has 8 heteroatoms. The van der Waals surface area contributed by atoms with E-state index in [0.29, 0.717) is 17.9 Å². The number of piperidine rings is 1. The molecular formula is C20H24N6O2. The molecule has 0 spiro atoms. The smallest absolute Gasteiger partial charge is 0.270 e. The number of nitrogens with zero attached hydrogens (tertiary/aromatic N) is 5. The number of carbonyl (C=O) groups excluding carboxylic acids is 1. The quantitative estimate of drug-likeness (QED) is 0.742. The van der Waals surface area contributed by atoms with Crippen molar-refractivity contribution in [3.8, 4) is 0 Å². The zero-order chi connectivity index (χ0) is 19.7. The number of anilines is 1. The standard InChI is InChI=1S/C20H24N6O2/c1-14-19(26-12-6-4-8-16(26)22-14)20(28)21-13-15-7-3-5-11-25(15)17-9-10-18(27)24(2)23-17/h4,6,8-10,12,15H,3,5,7,11,13H2,1-2H3,(H,21,28). The van der Waals surface area contributed by atoms with Gasteiger partial charge in [-0.2, -0.15) is 5.10 Å². The third-order valence-electron chi connectivity index (χ3n) is 5.29. The lowest BCUT2D eigenvalue weighted by Gasteiger charge is -2.36. The fraction of sp³-hybridized carbons (Fsp3) is 0.400. The molecule has 0 saturated carbocycles. The van der Waals surface area contributed by atoms with Gasteiger partial charge in [0.1, 0.15) is 17.2 Å². The number of amides is 1. The van der Waals surface area contributed by atoms with Crippen molar-refractivity contribution in [1.82, 2.24) is 24.5 Å². The number of imidazole rings is 1. The molecule has 3 aromatic heterocycles. The molecule has 28 heavy (non-hydrogen) atoms. The highest BCUT2D eigenvalue weighted by Gasteiger charge is 2.25. The third-order valence-corrected chi connectivity index (χ3v) is 5.29. The minimum Gasteiger partial charge on any atom is -0.350 e. The van der Waals surface area contributed by atoms with Gasteiger partial charge in [0.25, 0.3) is 11.5 Å². The van der Waals surface area contributed by atoms with Gasteiger partial charge in [0.15, 0.2) is 0 Å². The summed E-state index contributed by atoms with van der Waals surface area (Å²) in [4.78, 5) is 31.2. The van der Waals surface area contributed by atoms with Gasteiger partial charge >= 0.3 is 0 Å². The molecule has 3 aromatic rings. The number of carbonyl (C=O) groups is 1. The summed E-state index contributed by atoms with van der Waals surface area (Å²) in [6, 6.07) is 9.12. The van der Waals surface area contributed by atoms with E-state index >= 15 is 0 Å². The minimum atomic E-state index is -0.131. The van der Waals surface area contributed by atoms with E-state index < -0.39 is 0 Å². The van der Waals surface area contributed by atoms with Crippen LogP contribution in [0.25, 0.3) is 5.65 Å². The van der Waals surface area contributed by atoms with E-state index in [-0.39, 0.29) is 17.5 Å². The average Bonchev–Trinajstić information content (AvgIpc) is 3.04. The van der Waals surface area contributed by atoms with Crippen LogP contribution in [0.5, 0.6) is 0 Å². The Morgan fingerprint density at radius 3 is 2.93 bits per heavy atom. The molecule has 0 aromatic carbocycles. The van der Waals surface area contributed by atoms with Crippen LogP contribution in [0.4, 0.5) is 5.82 Å². The lowest BCUT2D eigenvalue weighted by molar-refractivity contribution is 0.0943. The van der Waals surface area contributed by atoms with Crippen LogP contribution < -0.4 is 15.8 Å². The van der Waals surface area contributed by atoms with Crippen LogP contribution in [0.2, 0.25) is 0 Å². The number of hydrogen-bond donors (Lipinski definition) is 1. The molecule has 146 valence electrons. The number of fused-ring (bicyclic) bond motifs is 1. The molecule has 4 heterocycles. The van der Waals surface area contributed by atoms with Crippen molar-refractivity contribution < 1.29 is 4.79 Å². The molecule has 0 bridgehead atoms. The van der Waals surface area contributed by atoms with Gasteiger partial charge in [0.2, 0.25) is 0 Å². The lowest BCUT2D eigenvalue weighted by atomic mass is 10.0. The predicted octanol–water partition coefficient (Wildman–Crippen LogP) is 1.53. The SMILES string of the molecule is Cc1nc2ccccn2c1C(=O)NCC1CCCCN1c1ccc(=O)n(C)n1. The maximum Gasteiger partial charge on any atom is 0.270 e. The van der Waals surface area contributed by atoms with Gasteiger partial charge in [-0.3, -0.25) is 14.0 Å². The van der Waals surface area contributed by atoms with E-state index in [9.17, 15) is 9.59 Å². The zero-order valence-corrected chi connectivity index (χ0v) is 16.1. The number of rotatable bonds is 4. The van der Waals surface area contributed by atoms with E-state index in [0.717, 1.165) is 37.3 Å². The molecule has 0 aliphatic carbocycles. The Hall–Kier alpha value is -3.16.